The van der Waals surface area contributed by atoms with Gasteiger partial charge < -0.3 is 42.4 Å². The first-order chi connectivity index (χ1) is 50.5. The third-order valence-electron chi connectivity index (χ3n) is 19.9. The number of unbranched alkanes of at least 4 members (excludes halogenated alkanes) is 4. The van der Waals surface area contributed by atoms with Crippen molar-refractivity contribution in [3.63, 3.8) is 0 Å². The third kappa shape index (κ3) is 24.6. The Balaban J connectivity index is 0.903. The maximum Gasteiger partial charge on any atom is 0.311 e. The Bertz CT molecular complexity index is 3930. The number of carbonyl (C=O) groups excluding carboxylic acids is 4. The Labute approximate surface area is 672 Å². The van der Waals surface area contributed by atoms with E-state index in [0.29, 0.717) is 55.9 Å². The predicted molar refractivity (Wildman–Crippen MR) is 488 cm³/mol. The fraction of sp³-hybridized carbons (Fsp3) is 0.561. The molecular formula is C82H134N2O14Si12. The smallest absolute Gasteiger partial charge is 0.311 e. The molecule has 28 heteroatoms. The van der Waals surface area contributed by atoms with Crippen molar-refractivity contribution in [1.29, 1.82) is 0 Å². The molecule has 0 radical (unpaired) electrons. The largest absolute Gasteiger partial charge is 0.490 e. The molecule has 110 heavy (non-hydrogen) atoms. The molecule has 0 saturated heterocycles. The molecule has 0 atom stereocenters. The minimum absolute atomic E-state index is 0.0370. The monoisotopic (exact) mass is 1710 g/mol. The van der Waals surface area contributed by atoms with E-state index in [0.717, 1.165) is 134 Å². The summed E-state index contributed by atoms with van der Waals surface area (Å²) < 4.78 is 67.7. The van der Waals surface area contributed by atoms with Gasteiger partial charge in [-0.1, -0.05) is 49.9 Å². The molecule has 0 N–H and O–H groups in total. The zero-order chi connectivity index (χ0) is 81.6. The van der Waals surface area contributed by atoms with Gasteiger partial charge in [0.05, 0.1) is 23.6 Å². The van der Waals surface area contributed by atoms with E-state index < -0.39 is 124 Å². The van der Waals surface area contributed by atoms with Crippen LogP contribution in [0.1, 0.15) is 118 Å². The van der Waals surface area contributed by atoms with Crippen molar-refractivity contribution >= 4 is 179 Å². The standard InChI is InChI=1S/C82H134N2O14Si12/c1-99(2,3)91-107(21,22)95-103(13,14)57-33-29-37-63(38-30-34-58-104(15,16)96-108(23,24)92-100(4,5)6)89-65-45-41-61(42-46-65)83-79(85)71-53-49-67-69-51-55-73-78-74(56-52-70(76(69)78)68-50-54-72(80(83)86)77(71)75(67)68)82(88)84(81(73)87)62-43-47-66(48-44-62)90-64(39-31-35-59-105(17,18)97-109(25,26)93-101(7,8)9)40-32-36-60-106(19,20)98-110(27,28)94-102(10,11)12/h41-56,63-64H,29-40,57-60H2,1-28H3. The van der Waals surface area contributed by atoms with Gasteiger partial charge in [-0.05, 0) is 364 Å². The number of anilines is 2. The predicted octanol–water partition coefficient (Wildman–Crippen LogP) is 24.6. The van der Waals surface area contributed by atoms with Crippen LogP contribution < -0.4 is 19.3 Å². The summed E-state index contributed by atoms with van der Waals surface area (Å²) in [6.07, 6.45) is 11.6. The van der Waals surface area contributed by atoms with Crippen molar-refractivity contribution in [2.45, 2.75) is 297 Å². The molecule has 2 aliphatic rings. The number of hydrogen-bond acceptors (Lipinski definition) is 14. The first-order valence-corrected chi connectivity index (χ1v) is 78.0. The molecule has 0 bridgehead atoms. The molecule has 0 saturated carbocycles. The Morgan fingerprint density at radius 3 is 0.664 bits per heavy atom. The van der Waals surface area contributed by atoms with Crippen molar-refractivity contribution in [1.82, 2.24) is 0 Å². The lowest BCUT2D eigenvalue weighted by Gasteiger charge is -2.37. The van der Waals surface area contributed by atoms with Crippen LogP contribution in [-0.4, -0.2) is 137 Å². The third-order valence-corrected chi connectivity index (χ3v) is 60.5. The van der Waals surface area contributed by atoms with Crippen molar-refractivity contribution in [2.24, 2.45) is 0 Å². The molecule has 604 valence electrons. The minimum atomic E-state index is -2.27. The fourth-order valence-electron chi connectivity index (χ4n) is 17.6. The lowest BCUT2D eigenvalue weighted by atomic mass is 9.82. The second-order valence-electron chi connectivity index (χ2n) is 39.4. The highest BCUT2D eigenvalue weighted by atomic mass is 28.5. The maximum absolute atomic E-state index is 15.0. The lowest BCUT2D eigenvalue weighted by molar-refractivity contribution is 0.0877. The van der Waals surface area contributed by atoms with Gasteiger partial charge in [-0.25, -0.2) is 9.80 Å². The number of benzene rings is 7. The molecule has 2 heterocycles. The van der Waals surface area contributed by atoms with E-state index in [2.05, 4.69) is 183 Å². The summed E-state index contributed by atoms with van der Waals surface area (Å²) >= 11 is 0. The average molecular weight is 1710 g/mol. The van der Waals surface area contributed by atoms with E-state index in [4.69, 9.17) is 42.4 Å². The number of fused-ring (bicyclic) bond motifs is 2. The summed E-state index contributed by atoms with van der Waals surface area (Å²) in [7, 11) is -24.1. The van der Waals surface area contributed by atoms with Crippen LogP contribution in [0, 0.1) is 0 Å². The van der Waals surface area contributed by atoms with Crippen LogP contribution in [0.5, 0.6) is 11.5 Å². The van der Waals surface area contributed by atoms with E-state index in [1.54, 1.807) is 0 Å². The van der Waals surface area contributed by atoms with E-state index >= 15 is 19.2 Å². The van der Waals surface area contributed by atoms with Crippen molar-refractivity contribution < 1.29 is 61.6 Å². The minimum Gasteiger partial charge on any atom is -0.490 e. The Morgan fingerprint density at radius 1 is 0.255 bits per heavy atom. The quantitative estimate of drug-likeness (QED) is 0.0117. The van der Waals surface area contributed by atoms with Gasteiger partial charge in [0.2, 0.25) is 0 Å². The highest BCUT2D eigenvalue weighted by Crippen LogP contribution is 2.48. The first kappa shape index (κ1) is 89.9. The van der Waals surface area contributed by atoms with E-state index in [-0.39, 0.29) is 12.2 Å². The molecule has 0 aliphatic carbocycles. The number of hydrogen-bond donors (Lipinski definition) is 0. The summed E-state index contributed by atoms with van der Waals surface area (Å²) in [5, 5.41) is 6.08. The van der Waals surface area contributed by atoms with Crippen LogP contribution in [0.25, 0.3) is 43.1 Å². The first-order valence-electron chi connectivity index (χ1n) is 40.6. The van der Waals surface area contributed by atoms with Crippen LogP contribution in [0.15, 0.2) is 97.1 Å². The van der Waals surface area contributed by atoms with E-state index in [1.807, 2.05) is 97.1 Å². The highest BCUT2D eigenvalue weighted by molar-refractivity contribution is 6.90. The number of nitrogens with zero attached hydrogens (tertiary/aromatic N) is 2. The molecule has 9 rings (SSSR count). The molecule has 0 fully saturated rings. The summed E-state index contributed by atoms with van der Waals surface area (Å²) in [6, 6.07) is 34.1. The Kier molecular flexibility index (Phi) is 28.0. The lowest BCUT2D eigenvalue weighted by Crippen LogP contribution is -2.51. The molecule has 7 aromatic rings. The topological polar surface area (TPSA) is 167 Å². The van der Waals surface area contributed by atoms with Crippen LogP contribution in [0.4, 0.5) is 11.4 Å². The Hall–Kier alpha value is -4.00. The van der Waals surface area contributed by atoms with Gasteiger partial charge in [-0.15, -0.1) is 0 Å². The van der Waals surface area contributed by atoms with E-state index in [9.17, 15) is 0 Å². The second-order valence-corrected chi connectivity index (χ2v) is 90.1. The van der Waals surface area contributed by atoms with Crippen LogP contribution >= 0.6 is 0 Å². The van der Waals surface area contributed by atoms with Crippen molar-refractivity contribution in [2.75, 3.05) is 9.80 Å². The zero-order valence-corrected chi connectivity index (χ0v) is 84.3. The summed E-state index contributed by atoms with van der Waals surface area (Å²) in [4.78, 5) is 62.6. The summed E-state index contributed by atoms with van der Waals surface area (Å²) in [6.45, 7) is 62.9. The Morgan fingerprint density at radius 2 is 0.464 bits per heavy atom. The van der Waals surface area contributed by atoms with Crippen LogP contribution in [0.3, 0.4) is 0 Å². The van der Waals surface area contributed by atoms with Crippen LogP contribution in [-0.2, 0) is 32.9 Å². The molecule has 0 aromatic heterocycles. The number of amides is 4. The number of imide groups is 2. The SMILES string of the molecule is C[Si](C)(C)O[Si](C)(C)O[Si](C)(C)CCCCC(CCCC[Si](C)(C)O[Si](C)(C)O[Si](C)(C)C)Oc1ccc(N2C(=O)c3ccc4c5ccc6c7c(ccc(c8ccc(c3c48)C2=O)c75)C(=O)N(c2ccc(OC(CCCC[Si](C)(C)O[Si](C)(C)O[Si](C)(C)C)CCCC[Si](C)(C)O[Si](C)(C)O[Si](C)(C)C)cc2)C6=O)cc1. The molecule has 0 spiro atoms. The molecule has 4 amide bonds. The average Bonchev–Trinajstić information content (AvgIpc) is 0.688. The molecular weight excluding hydrogens is 1570 g/mol. The van der Waals surface area contributed by atoms with Gasteiger partial charge in [0.25, 0.3) is 23.6 Å². The number of carbonyl (C=O) groups is 4. The second kappa shape index (κ2) is 34.3. The maximum atomic E-state index is 15.0. The van der Waals surface area contributed by atoms with Gasteiger partial charge in [-0.3, -0.25) is 19.2 Å². The molecule has 2 aliphatic heterocycles. The molecule has 7 aromatic carbocycles. The highest BCUT2D eigenvalue weighted by Gasteiger charge is 2.44. The van der Waals surface area contributed by atoms with Crippen molar-refractivity contribution in [3.05, 3.63) is 119 Å². The van der Waals surface area contributed by atoms with Crippen LogP contribution in [0.2, 0.25) is 207 Å². The number of ether oxygens (including phenoxy) is 2. The van der Waals surface area contributed by atoms with Gasteiger partial charge in [0.15, 0.2) is 66.5 Å². The van der Waals surface area contributed by atoms with E-state index in [1.165, 1.54) is 9.80 Å². The molecule has 16 nitrogen and oxygen atoms in total. The normalized spacial score (nSPS) is 15.1. The van der Waals surface area contributed by atoms with Gasteiger partial charge in [-0.2, -0.15) is 0 Å². The van der Waals surface area contributed by atoms with Gasteiger partial charge in [0.1, 0.15) is 11.5 Å². The number of rotatable bonds is 42. The van der Waals surface area contributed by atoms with Gasteiger partial charge >= 0.3 is 34.2 Å². The summed E-state index contributed by atoms with van der Waals surface area (Å²) in [5.74, 6) is -0.263. The zero-order valence-electron chi connectivity index (χ0n) is 72.3. The van der Waals surface area contributed by atoms with Crippen molar-refractivity contribution in [3.8, 4) is 11.5 Å². The summed E-state index contributed by atoms with van der Waals surface area (Å²) in [5.41, 5.74) is 2.61. The molecule has 0 unspecified atom stereocenters. The fourth-order valence-corrected chi connectivity index (χ4v) is 70.7. The van der Waals surface area contributed by atoms with Gasteiger partial charge in [0, 0.05) is 33.0 Å².